The summed E-state index contributed by atoms with van der Waals surface area (Å²) in [4.78, 5) is 4.98. The second-order valence-corrected chi connectivity index (χ2v) is 8.40. The molecule has 8 nitrogen and oxygen atoms in total. The van der Waals surface area contributed by atoms with Crippen molar-refractivity contribution in [3.63, 3.8) is 0 Å². The summed E-state index contributed by atoms with van der Waals surface area (Å²) >= 11 is 0. The number of halogens is 1. The van der Waals surface area contributed by atoms with Gasteiger partial charge in [-0.2, -0.15) is 4.40 Å². The van der Waals surface area contributed by atoms with Crippen LogP contribution in [0.5, 0.6) is 0 Å². The van der Waals surface area contributed by atoms with Gasteiger partial charge in [-0.15, -0.1) is 15.3 Å². The summed E-state index contributed by atoms with van der Waals surface area (Å²) in [7, 11) is -4.94. The maximum atomic E-state index is 8.49. The van der Waals surface area contributed by atoms with Gasteiger partial charge in [-0.1, -0.05) is 53.7 Å². The number of aromatic nitrogens is 4. The lowest BCUT2D eigenvalue weighted by atomic mass is 10.0. The van der Waals surface area contributed by atoms with E-state index < -0.39 is 10.2 Å². The van der Waals surface area contributed by atoms with E-state index in [2.05, 4.69) is 76.3 Å². The lowest BCUT2D eigenvalue weighted by Gasteiger charge is -2.17. The Kier molecular flexibility index (Phi) is 6.83. The Labute approximate surface area is 189 Å². The molecule has 3 aromatic heterocycles. The minimum absolute atomic E-state index is 0.893. The lowest BCUT2D eigenvalue weighted by molar-refractivity contribution is -2.00. The quantitative estimate of drug-likeness (QED) is 0.389. The predicted molar refractivity (Wildman–Crippen MR) is 109 cm³/mol. The zero-order valence-electron chi connectivity index (χ0n) is 19.1. The first-order chi connectivity index (χ1) is 15.0. The highest BCUT2D eigenvalue weighted by molar-refractivity contribution is 5.80. The van der Waals surface area contributed by atoms with E-state index >= 15 is 0 Å². The number of imidazole rings is 1. The van der Waals surface area contributed by atoms with Crippen molar-refractivity contribution in [1.82, 2.24) is 14.6 Å². The molecule has 0 unspecified atom stereocenters. The van der Waals surface area contributed by atoms with Crippen molar-refractivity contribution in [2.24, 2.45) is 0 Å². The molecular formula is C23H27ClN4O4. The van der Waals surface area contributed by atoms with E-state index in [-0.39, 0.29) is 0 Å². The second kappa shape index (κ2) is 9.09. The summed E-state index contributed by atoms with van der Waals surface area (Å²) < 4.78 is 38.3. The third kappa shape index (κ3) is 4.46. The van der Waals surface area contributed by atoms with Crippen LogP contribution >= 0.6 is 0 Å². The fourth-order valence-electron chi connectivity index (χ4n) is 4.48. The van der Waals surface area contributed by atoms with Crippen LogP contribution in [0.4, 0.5) is 0 Å². The fraction of sp³-hybridized carbons (Fsp3) is 0.348. The Morgan fingerprint density at radius 3 is 1.97 bits per heavy atom. The molecule has 0 fully saturated rings. The summed E-state index contributed by atoms with van der Waals surface area (Å²) in [5, 5.41) is 4.95. The predicted octanol–water partition coefficient (Wildman–Crippen LogP) is -0.263. The summed E-state index contributed by atoms with van der Waals surface area (Å²) in [6, 6.07) is 10.6. The van der Waals surface area contributed by atoms with Gasteiger partial charge in [-0.3, -0.25) is 0 Å². The summed E-state index contributed by atoms with van der Waals surface area (Å²) in [6.45, 7) is 13.0. The van der Waals surface area contributed by atoms with Gasteiger partial charge >= 0.3 is 5.78 Å². The van der Waals surface area contributed by atoms with Crippen molar-refractivity contribution in [1.29, 1.82) is 0 Å². The lowest BCUT2D eigenvalue weighted by Crippen LogP contribution is -2.68. The smallest absolute Gasteiger partial charge is 0.222 e. The van der Waals surface area contributed by atoms with Crippen molar-refractivity contribution in [3.05, 3.63) is 64.1 Å². The third-order valence-corrected chi connectivity index (χ3v) is 5.77. The highest BCUT2D eigenvalue weighted by Crippen LogP contribution is 2.29. The Balaban J connectivity index is 0.000000523. The summed E-state index contributed by atoms with van der Waals surface area (Å²) in [5.74, 6) is 0.893. The molecule has 4 aromatic rings. The Bertz CT molecular complexity index is 1200. The number of benzene rings is 1. The van der Waals surface area contributed by atoms with E-state index in [0.29, 0.717) is 0 Å². The summed E-state index contributed by atoms with van der Waals surface area (Å²) in [5.41, 5.74) is 10.9. The van der Waals surface area contributed by atoms with Gasteiger partial charge in [0.05, 0.1) is 11.4 Å². The highest BCUT2D eigenvalue weighted by atomic mass is 35.7. The van der Waals surface area contributed by atoms with Gasteiger partial charge in [-0.25, -0.2) is 18.6 Å². The highest BCUT2D eigenvalue weighted by Gasteiger charge is 2.29. The van der Waals surface area contributed by atoms with Crippen LogP contribution in [0.15, 0.2) is 30.3 Å². The Morgan fingerprint density at radius 1 is 0.875 bits per heavy atom. The normalized spacial score (nSPS) is 11.7. The standard InChI is InChI=1S/C23H27N4.ClHO4/c1-7-19-14(3)21-22(18-12-10-9-11-13-18)26-17(6)20(8-2)15(4)24-23(26)27(21)25-16(19)5;2-1(3,4)5/h9-13H,7-8H2,1-6H3;(H,2,3,4,5)/q+1;/p-1. The van der Waals surface area contributed by atoms with Gasteiger partial charge in [-0.05, 0) is 51.7 Å². The van der Waals surface area contributed by atoms with E-state index in [1.807, 2.05) is 4.52 Å². The Hall–Kier alpha value is -2.62. The SMILES string of the molecule is CCc1c(C)nn2c(c1C)c(-c1ccccc1)[n+]1c(C)c(CC)c(C)nc21.[O-][Cl+3]([O-])([O-])[O-]. The van der Waals surface area contributed by atoms with E-state index in [4.69, 9.17) is 28.7 Å². The van der Waals surface area contributed by atoms with Gasteiger partial charge in [0.25, 0.3) is 0 Å². The maximum Gasteiger partial charge on any atom is 0.428 e. The molecule has 1 aromatic carbocycles. The minimum Gasteiger partial charge on any atom is -0.222 e. The molecule has 9 heteroatoms. The van der Waals surface area contributed by atoms with Crippen LogP contribution in [0, 0.1) is 37.9 Å². The molecule has 0 N–H and O–H groups in total. The molecule has 0 amide bonds. The van der Waals surface area contributed by atoms with Gasteiger partial charge in [0.15, 0.2) is 11.2 Å². The molecule has 0 saturated heterocycles. The molecule has 0 aliphatic heterocycles. The van der Waals surface area contributed by atoms with Crippen LogP contribution in [0.3, 0.4) is 0 Å². The monoisotopic (exact) mass is 458 g/mol. The number of aryl methyl sites for hydroxylation is 4. The van der Waals surface area contributed by atoms with Crippen molar-refractivity contribution in [3.8, 4) is 11.3 Å². The molecule has 4 rings (SSSR count). The van der Waals surface area contributed by atoms with Crippen LogP contribution in [0.1, 0.15) is 47.6 Å². The first kappa shape index (κ1) is 24.0. The Morgan fingerprint density at radius 2 is 1.44 bits per heavy atom. The molecule has 0 bridgehead atoms. The number of rotatable bonds is 3. The van der Waals surface area contributed by atoms with Crippen LogP contribution in [0.25, 0.3) is 22.6 Å². The first-order valence-corrected chi connectivity index (χ1v) is 11.6. The van der Waals surface area contributed by atoms with Crippen molar-refractivity contribution in [2.45, 2.75) is 54.4 Å². The molecule has 3 heterocycles. The topological polar surface area (TPSA) is 127 Å². The minimum atomic E-state index is -4.94. The zero-order chi connectivity index (χ0) is 23.8. The molecule has 170 valence electrons. The molecule has 0 aliphatic rings. The van der Waals surface area contributed by atoms with Gasteiger partial charge < -0.3 is 0 Å². The van der Waals surface area contributed by atoms with Crippen LogP contribution in [-0.4, -0.2) is 14.6 Å². The van der Waals surface area contributed by atoms with Crippen LogP contribution in [0.2, 0.25) is 0 Å². The number of hydrogen-bond donors (Lipinski definition) is 0. The molecular weight excluding hydrogens is 432 g/mol. The zero-order valence-corrected chi connectivity index (χ0v) is 19.9. The average Bonchev–Trinajstić information content (AvgIpc) is 3.02. The third-order valence-electron chi connectivity index (χ3n) is 5.77. The molecule has 32 heavy (non-hydrogen) atoms. The summed E-state index contributed by atoms with van der Waals surface area (Å²) in [6.07, 6.45) is 1.95. The van der Waals surface area contributed by atoms with E-state index in [9.17, 15) is 0 Å². The molecule has 0 atom stereocenters. The molecule has 0 saturated carbocycles. The first-order valence-electron chi connectivity index (χ1n) is 10.4. The van der Waals surface area contributed by atoms with Crippen molar-refractivity contribution in [2.75, 3.05) is 0 Å². The van der Waals surface area contributed by atoms with E-state index in [0.717, 1.165) is 35.5 Å². The van der Waals surface area contributed by atoms with Crippen molar-refractivity contribution < 1.29 is 33.3 Å². The number of fused-ring (bicyclic) bond motifs is 3. The van der Waals surface area contributed by atoms with Crippen LogP contribution in [-0.2, 0) is 12.8 Å². The molecule has 0 radical (unpaired) electrons. The van der Waals surface area contributed by atoms with E-state index in [1.165, 1.54) is 33.6 Å². The van der Waals surface area contributed by atoms with E-state index in [1.54, 1.807) is 0 Å². The fourth-order valence-corrected chi connectivity index (χ4v) is 4.48. The largest absolute Gasteiger partial charge is 0.428 e. The van der Waals surface area contributed by atoms with Crippen LogP contribution < -0.4 is 23.0 Å². The molecule has 0 aliphatic carbocycles. The van der Waals surface area contributed by atoms with Gasteiger partial charge in [0, 0.05) is 11.1 Å². The van der Waals surface area contributed by atoms with Gasteiger partial charge in [0.1, 0.15) is 5.69 Å². The average molecular weight is 459 g/mol. The van der Waals surface area contributed by atoms with Crippen molar-refractivity contribution >= 4 is 11.3 Å². The second-order valence-electron chi connectivity index (χ2n) is 7.65. The number of hydrogen-bond acceptors (Lipinski definition) is 6. The van der Waals surface area contributed by atoms with Gasteiger partial charge in [0.2, 0.25) is 0 Å². The molecule has 0 spiro atoms. The number of nitrogens with zero attached hydrogens (tertiary/aromatic N) is 4. The maximum absolute atomic E-state index is 8.49.